The lowest BCUT2D eigenvalue weighted by Gasteiger charge is -2.17. The molecule has 1 aliphatic heterocycles. The molecule has 0 aliphatic carbocycles. The Morgan fingerprint density at radius 1 is 1.28 bits per heavy atom. The maximum atomic E-state index is 12.8. The van der Waals surface area contributed by atoms with Crippen LogP contribution in [0.15, 0.2) is 29.3 Å². The Labute approximate surface area is 184 Å². The number of halogens is 4. The van der Waals surface area contributed by atoms with E-state index in [-0.39, 0.29) is 48.9 Å². The summed E-state index contributed by atoms with van der Waals surface area (Å²) in [6, 6.07) is 4.93. The van der Waals surface area contributed by atoms with Crippen LogP contribution in [0, 0.1) is 0 Å². The Bertz CT molecular complexity index is 726. The molecular weight excluding hydrogens is 502 g/mol. The van der Waals surface area contributed by atoms with Crippen LogP contribution in [0.3, 0.4) is 0 Å². The second-order valence-electron chi connectivity index (χ2n) is 6.44. The molecule has 2 rings (SSSR count). The Balaban J connectivity index is 0.00000420. The first kappa shape index (κ1) is 25.0. The van der Waals surface area contributed by atoms with Gasteiger partial charge in [0, 0.05) is 26.7 Å². The van der Waals surface area contributed by atoms with E-state index in [0.717, 1.165) is 11.0 Å². The highest BCUT2D eigenvalue weighted by Gasteiger charge is 2.30. The molecule has 3 N–H and O–H groups in total. The van der Waals surface area contributed by atoms with Crippen LogP contribution in [0.2, 0.25) is 0 Å². The van der Waals surface area contributed by atoms with E-state index < -0.39 is 17.8 Å². The third-order valence-electron chi connectivity index (χ3n) is 4.44. The molecular formula is C18H25F3IN5O2. The third kappa shape index (κ3) is 7.37. The zero-order chi connectivity index (χ0) is 20.7. The molecule has 11 heteroatoms. The number of aliphatic imine (C=N–C) groups is 1. The van der Waals surface area contributed by atoms with E-state index in [1.807, 2.05) is 6.92 Å². The summed E-state index contributed by atoms with van der Waals surface area (Å²) in [4.78, 5) is 28.1. The van der Waals surface area contributed by atoms with Crippen LogP contribution in [0.25, 0.3) is 0 Å². The molecule has 0 aromatic heterocycles. The van der Waals surface area contributed by atoms with Gasteiger partial charge in [-0.25, -0.2) is 4.79 Å². The Kier molecular flexibility index (Phi) is 9.66. The summed E-state index contributed by atoms with van der Waals surface area (Å²) < 4.78 is 38.5. The number of hydrogen-bond acceptors (Lipinski definition) is 3. The predicted octanol–water partition coefficient (Wildman–Crippen LogP) is 2.53. The van der Waals surface area contributed by atoms with Crippen LogP contribution in [-0.4, -0.2) is 56.0 Å². The van der Waals surface area contributed by atoms with Crippen molar-refractivity contribution in [3.05, 3.63) is 35.4 Å². The van der Waals surface area contributed by atoms with Crippen LogP contribution in [0.5, 0.6) is 0 Å². The zero-order valence-electron chi connectivity index (χ0n) is 16.2. The number of nitrogens with one attached hydrogen (secondary N) is 3. The number of hydrogen-bond donors (Lipinski definition) is 3. The Morgan fingerprint density at radius 2 is 1.97 bits per heavy atom. The first-order valence-corrected chi connectivity index (χ1v) is 8.92. The molecule has 1 aromatic rings. The lowest BCUT2D eigenvalue weighted by atomic mass is 9.96. The Hall–Kier alpha value is -2.05. The van der Waals surface area contributed by atoms with Gasteiger partial charge in [-0.15, -0.1) is 24.0 Å². The van der Waals surface area contributed by atoms with E-state index in [1.54, 1.807) is 13.1 Å². The summed E-state index contributed by atoms with van der Waals surface area (Å²) in [5, 5.41) is 8.51. The molecule has 1 aliphatic rings. The van der Waals surface area contributed by atoms with E-state index in [2.05, 4.69) is 20.9 Å². The summed E-state index contributed by atoms with van der Waals surface area (Å²) in [6.07, 6.45) is -3.75. The van der Waals surface area contributed by atoms with Crippen molar-refractivity contribution in [3.63, 3.8) is 0 Å². The number of alkyl halides is 3. The van der Waals surface area contributed by atoms with Gasteiger partial charge in [-0.05, 0) is 24.0 Å². The number of carbonyl (C=O) groups excluding carboxylic acids is 2. The summed E-state index contributed by atoms with van der Waals surface area (Å²) >= 11 is 0. The fourth-order valence-corrected chi connectivity index (χ4v) is 2.78. The molecule has 0 radical (unpaired) electrons. The molecule has 7 nitrogen and oxygen atoms in total. The van der Waals surface area contributed by atoms with Crippen LogP contribution in [0.1, 0.15) is 30.4 Å². The molecule has 1 atom stereocenters. The smallest absolute Gasteiger partial charge is 0.356 e. The number of imide groups is 1. The monoisotopic (exact) mass is 527 g/mol. The molecule has 29 heavy (non-hydrogen) atoms. The molecule has 1 saturated heterocycles. The molecule has 0 bridgehead atoms. The maximum Gasteiger partial charge on any atom is 0.416 e. The molecule has 0 spiro atoms. The van der Waals surface area contributed by atoms with Gasteiger partial charge in [0.1, 0.15) is 0 Å². The number of rotatable bonds is 7. The standard InChI is InChI=1S/C18H24F3N5O2.HI/c1-12(13-4-3-5-14(10-13)18(19,20)21)6-7-23-16(22-2)24-8-9-26-15(27)11-25-17(26)28;/h3-5,10,12H,6-9,11H2,1-2H3,(H,25,28)(H2,22,23,24);1H. The largest absolute Gasteiger partial charge is 0.416 e. The second-order valence-corrected chi connectivity index (χ2v) is 6.44. The van der Waals surface area contributed by atoms with Gasteiger partial charge in [-0.1, -0.05) is 25.1 Å². The fourth-order valence-electron chi connectivity index (χ4n) is 2.78. The number of benzene rings is 1. The van der Waals surface area contributed by atoms with E-state index in [4.69, 9.17) is 0 Å². The SMILES string of the molecule is CN=C(NCCC(C)c1cccc(C(F)(F)F)c1)NCCN1C(=O)CNC1=O.I. The van der Waals surface area contributed by atoms with Crippen molar-refractivity contribution >= 4 is 41.9 Å². The average Bonchev–Trinajstić information content (AvgIpc) is 2.98. The van der Waals surface area contributed by atoms with Crippen molar-refractivity contribution in [2.75, 3.05) is 33.2 Å². The van der Waals surface area contributed by atoms with Gasteiger partial charge in [0.2, 0.25) is 5.91 Å². The summed E-state index contributed by atoms with van der Waals surface area (Å²) in [6.45, 7) is 2.93. The molecule has 1 unspecified atom stereocenters. The first-order valence-electron chi connectivity index (χ1n) is 8.92. The number of nitrogens with zero attached hydrogens (tertiary/aromatic N) is 2. The Morgan fingerprint density at radius 3 is 2.55 bits per heavy atom. The number of amides is 3. The lowest BCUT2D eigenvalue weighted by Crippen LogP contribution is -2.43. The quantitative estimate of drug-likeness (QED) is 0.220. The van der Waals surface area contributed by atoms with Crippen molar-refractivity contribution < 1.29 is 22.8 Å². The van der Waals surface area contributed by atoms with Gasteiger partial charge in [0.05, 0.1) is 12.1 Å². The van der Waals surface area contributed by atoms with Gasteiger partial charge in [0.25, 0.3) is 0 Å². The third-order valence-corrected chi connectivity index (χ3v) is 4.44. The minimum absolute atomic E-state index is 0. The molecule has 1 heterocycles. The van der Waals surface area contributed by atoms with Crippen LogP contribution >= 0.6 is 24.0 Å². The minimum Gasteiger partial charge on any atom is -0.356 e. The van der Waals surface area contributed by atoms with E-state index in [0.29, 0.717) is 31.0 Å². The van der Waals surface area contributed by atoms with Crippen LogP contribution in [-0.2, 0) is 11.0 Å². The number of guanidine groups is 1. The molecule has 162 valence electrons. The second kappa shape index (κ2) is 11.2. The summed E-state index contributed by atoms with van der Waals surface area (Å²) in [5.41, 5.74) is -0.0269. The number of urea groups is 1. The van der Waals surface area contributed by atoms with Gasteiger partial charge in [0.15, 0.2) is 5.96 Å². The summed E-state index contributed by atoms with van der Waals surface area (Å²) in [5.74, 6) is 0.145. The first-order chi connectivity index (χ1) is 13.2. The lowest BCUT2D eigenvalue weighted by molar-refractivity contribution is -0.137. The van der Waals surface area contributed by atoms with Gasteiger partial charge in [-0.3, -0.25) is 14.7 Å². The summed E-state index contributed by atoms with van der Waals surface area (Å²) in [7, 11) is 1.58. The van der Waals surface area contributed by atoms with Crippen LogP contribution in [0.4, 0.5) is 18.0 Å². The van der Waals surface area contributed by atoms with Crippen molar-refractivity contribution in [1.29, 1.82) is 0 Å². The normalized spacial score (nSPS) is 15.6. The predicted molar refractivity (Wildman–Crippen MR) is 114 cm³/mol. The van der Waals surface area contributed by atoms with Crippen molar-refractivity contribution in [2.24, 2.45) is 4.99 Å². The van der Waals surface area contributed by atoms with Crippen molar-refractivity contribution in [3.8, 4) is 0 Å². The molecule has 1 aromatic carbocycles. The van der Waals surface area contributed by atoms with E-state index >= 15 is 0 Å². The van der Waals surface area contributed by atoms with Gasteiger partial charge in [-0.2, -0.15) is 13.2 Å². The minimum atomic E-state index is -4.35. The van der Waals surface area contributed by atoms with Crippen molar-refractivity contribution in [1.82, 2.24) is 20.9 Å². The van der Waals surface area contributed by atoms with E-state index in [9.17, 15) is 22.8 Å². The molecule has 3 amide bonds. The molecule has 1 fully saturated rings. The molecule has 0 saturated carbocycles. The fraction of sp³-hybridized carbons (Fsp3) is 0.500. The topological polar surface area (TPSA) is 85.8 Å². The van der Waals surface area contributed by atoms with Crippen LogP contribution < -0.4 is 16.0 Å². The zero-order valence-corrected chi connectivity index (χ0v) is 18.5. The van der Waals surface area contributed by atoms with Gasteiger partial charge >= 0.3 is 12.2 Å². The maximum absolute atomic E-state index is 12.8. The highest BCUT2D eigenvalue weighted by atomic mass is 127. The van der Waals surface area contributed by atoms with E-state index in [1.165, 1.54) is 12.1 Å². The average molecular weight is 527 g/mol. The highest BCUT2D eigenvalue weighted by Crippen LogP contribution is 2.31. The van der Waals surface area contributed by atoms with Crippen molar-refractivity contribution in [2.45, 2.75) is 25.4 Å². The van der Waals surface area contributed by atoms with Gasteiger partial charge < -0.3 is 16.0 Å². The number of carbonyl (C=O) groups is 2. The highest BCUT2D eigenvalue weighted by molar-refractivity contribution is 14.0.